The van der Waals surface area contributed by atoms with E-state index in [4.69, 9.17) is 32.7 Å². The fourth-order valence-electron chi connectivity index (χ4n) is 4.57. The summed E-state index contributed by atoms with van der Waals surface area (Å²) in [7, 11) is 4.75. The molecule has 0 fully saturated rings. The van der Waals surface area contributed by atoms with Gasteiger partial charge in [0, 0.05) is 31.2 Å². The van der Waals surface area contributed by atoms with Gasteiger partial charge in [0.2, 0.25) is 0 Å². The molecule has 1 aliphatic heterocycles. The molecule has 0 radical (unpaired) electrons. The Balaban J connectivity index is 1.91. The zero-order valence-corrected chi connectivity index (χ0v) is 19.8. The van der Waals surface area contributed by atoms with E-state index in [1.54, 1.807) is 32.4 Å². The van der Waals surface area contributed by atoms with E-state index >= 15 is 0 Å². The molecule has 2 aromatic carbocycles. The third-order valence-electron chi connectivity index (χ3n) is 6.16. The molecule has 0 saturated carbocycles. The average molecular weight is 486 g/mol. The number of nitrogens with zero attached hydrogens (tertiary/aromatic N) is 3. The summed E-state index contributed by atoms with van der Waals surface area (Å²) in [5.41, 5.74) is 2.68. The Bertz CT molecular complexity index is 1520. The molecule has 0 saturated heterocycles. The third-order valence-corrected chi connectivity index (χ3v) is 6.71. The zero-order chi connectivity index (χ0) is 23.4. The topological polar surface area (TPSA) is 67.4 Å². The minimum atomic E-state index is -0.482. The number of hydrogen-bond acceptors (Lipinski definition) is 4. The predicted molar refractivity (Wildman–Crippen MR) is 129 cm³/mol. The Kier molecular flexibility index (Phi) is 5.35. The molecule has 0 N–H and O–H groups in total. The van der Waals surface area contributed by atoms with Crippen molar-refractivity contribution in [3.8, 4) is 17.0 Å². The van der Waals surface area contributed by atoms with Crippen molar-refractivity contribution in [3.05, 3.63) is 84.6 Å². The van der Waals surface area contributed by atoms with Gasteiger partial charge in [0.1, 0.15) is 11.9 Å². The molecule has 5 rings (SSSR count). The Morgan fingerprint density at radius 2 is 1.76 bits per heavy atom. The molecule has 7 nitrogen and oxygen atoms in total. The minimum Gasteiger partial charge on any atom is -0.497 e. The van der Waals surface area contributed by atoms with Crippen molar-refractivity contribution in [2.75, 3.05) is 13.7 Å². The molecule has 170 valence electrons. The van der Waals surface area contributed by atoms with E-state index in [1.807, 2.05) is 28.8 Å². The number of hydrogen-bond donors (Lipinski definition) is 0. The number of halogens is 2. The van der Waals surface area contributed by atoms with Gasteiger partial charge in [0.15, 0.2) is 0 Å². The van der Waals surface area contributed by atoms with Crippen LogP contribution in [-0.2, 0) is 25.4 Å². The molecule has 0 amide bonds. The number of ether oxygens (including phenoxy) is 2. The Morgan fingerprint density at radius 1 is 1.03 bits per heavy atom. The summed E-state index contributed by atoms with van der Waals surface area (Å²) in [4.78, 5) is 26.3. The first-order chi connectivity index (χ1) is 15.8. The van der Waals surface area contributed by atoms with Gasteiger partial charge in [-0.3, -0.25) is 13.9 Å². The number of rotatable bonds is 3. The van der Waals surface area contributed by atoms with Crippen LogP contribution in [0.1, 0.15) is 17.4 Å². The highest BCUT2D eigenvalue weighted by Gasteiger charge is 2.33. The van der Waals surface area contributed by atoms with Crippen LogP contribution in [0, 0.1) is 0 Å². The van der Waals surface area contributed by atoms with Crippen LogP contribution < -0.4 is 16.0 Å². The van der Waals surface area contributed by atoms with Gasteiger partial charge in [-0.25, -0.2) is 4.79 Å². The van der Waals surface area contributed by atoms with Crippen molar-refractivity contribution in [2.24, 2.45) is 14.1 Å². The van der Waals surface area contributed by atoms with E-state index < -0.39 is 11.8 Å². The summed E-state index contributed by atoms with van der Waals surface area (Å²) < 4.78 is 16.1. The smallest absolute Gasteiger partial charge is 0.331 e. The summed E-state index contributed by atoms with van der Waals surface area (Å²) in [5.74, 6) is 0.727. The van der Waals surface area contributed by atoms with E-state index in [2.05, 4.69) is 0 Å². The van der Waals surface area contributed by atoms with Gasteiger partial charge in [-0.1, -0.05) is 35.3 Å². The fraction of sp³-hybridized carbons (Fsp3) is 0.250. The van der Waals surface area contributed by atoms with Gasteiger partial charge >= 0.3 is 5.69 Å². The second kappa shape index (κ2) is 8.09. The van der Waals surface area contributed by atoms with Crippen molar-refractivity contribution in [2.45, 2.75) is 12.6 Å². The first-order valence-electron chi connectivity index (χ1n) is 10.4. The maximum Gasteiger partial charge on any atom is 0.331 e. The molecule has 1 atom stereocenters. The van der Waals surface area contributed by atoms with Crippen LogP contribution >= 0.6 is 23.2 Å². The van der Waals surface area contributed by atoms with E-state index in [1.165, 1.54) is 11.6 Å². The highest BCUT2D eigenvalue weighted by molar-refractivity contribution is 6.36. The lowest BCUT2D eigenvalue weighted by Gasteiger charge is -2.28. The number of benzene rings is 2. The van der Waals surface area contributed by atoms with Crippen molar-refractivity contribution in [1.82, 2.24) is 13.7 Å². The Labute approximate surface area is 199 Å². The lowest BCUT2D eigenvalue weighted by molar-refractivity contribution is 0.0478. The molecule has 33 heavy (non-hydrogen) atoms. The van der Waals surface area contributed by atoms with Crippen LogP contribution in [-0.4, -0.2) is 27.4 Å². The maximum atomic E-state index is 13.4. The number of aromatic nitrogens is 3. The van der Waals surface area contributed by atoms with Gasteiger partial charge in [0.25, 0.3) is 5.56 Å². The van der Waals surface area contributed by atoms with Gasteiger partial charge in [-0.05, 0) is 35.9 Å². The molecular formula is C24H21Cl2N3O4. The van der Waals surface area contributed by atoms with Gasteiger partial charge in [-0.15, -0.1) is 0 Å². The Hall–Kier alpha value is -3.00. The predicted octanol–water partition coefficient (Wildman–Crippen LogP) is 4.14. The summed E-state index contributed by atoms with van der Waals surface area (Å²) in [6.07, 6.45) is -0.482. The molecule has 1 unspecified atom stereocenters. The van der Waals surface area contributed by atoms with Crippen LogP contribution in [0.3, 0.4) is 0 Å². The molecule has 0 aliphatic carbocycles. The standard InChI is InChI=1S/C24H21Cl2N3O4/c1-27-20-18(23(30)28(2)24(27)31)19(16-9-6-14(25)12-17(16)26)29-10-11-33-22(21(20)29)13-4-7-15(32-3)8-5-13/h4-9,12,22H,10-11H2,1-3H3. The highest BCUT2D eigenvalue weighted by Crippen LogP contribution is 2.42. The average Bonchev–Trinajstić information content (AvgIpc) is 3.17. The van der Waals surface area contributed by atoms with Crippen LogP contribution in [0.4, 0.5) is 0 Å². The third kappa shape index (κ3) is 3.30. The quantitative estimate of drug-likeness (QED) is 0.437. The van der Waals surface area contributed by atoms with Crippen LogP contribution in [0.15, 0.2) is 52.1 Å². The largest absolute Gasteiger partial charge is 0.497 e. The molecule has 9 heteroatoms. The van der Waals surface area contributed by atoms with E-state index in [9.17, 15) is 9.59 Å². The van der Waals surface area contributed by atoms with Crippen molar-refractivity contribution in [1.29, 1.82) is 0 Å². The minimum absolute atomic E-state index is 0.385. The van der Waals surface area contributed by atoms with Gasteiger partial charge in [0.05, 0.1) is 41.0 Å². The SMILES string of the molecule is COc1ccc(C2OCCn3c(-c4ccc(Cl)cc4Cl)c4c(=O)n(C)c(=O)n(C)c4c32)cc1. The highest BCUT2D eigenvalue weighted by atomic mass is 35.5. The molecule has 3 heterocycles. The van der Waals surface area contributed by atoms with E-state index in [-0.39, 0.29) is 5.56 Å². The van der Waals surface area contributed by atoms with Crippen molar-refractivity contribution >= 4 is 34.1 Å². The van der Waals surface area contributed by atoms with E-state index in [0.29, 0.717) is 45.4 Å². The second-order valence-corrected chi connectivity index (χ2v) is 8.81. The van der Waals surface area contributed by atoms with Crippen LogP contribution in [0.2, 0.25) is 10.0 Å². The van der Waals surface area contributed by atoms with Crippen molar-refractivity contribution < 1.29 is 9.47 Å². The number of aryl methyl sites for hydroxylation is 1. The van der Waals surface area contributed by atoms with Gasteiger partial charge < -0.3 is 14.0 Å². The molecule has 0 spiro atoms. The molecule has 4 aromatic rings. The van der Waals surface area contributed by atoms with Crippen LogP contribution in [0.5, 0.6) is 5.75 Å². The monoisotopic (exact) mass is 485 g/mol. The van der Waals surface area contributed by atoms with Crippen LogP contribution in [0.25, 0.3) is 22.2 Å². The number of fused-ring (bicyclic) bond motifs is 3. The van der Waals surface area contributed by atoms with Gasteiger partial charge in [-0.2, -0.15) is 0 Å². The molecule has 2 aromatic heterocycles. The lowest BCUT2D eigenvalue weighted by Crippen LogP contribution is -2.37. The molecule has 0 bridgehead atoms. The normalized spacial score (nSPS) is 15.6. The lowest BCUT2D eigenvalue weighted by atomic mass is 10.0. The van der Waals surface area contributed by atoms with E-state index in [0.717, 1.165) is 21.6 Å². The fourth-order valence-corrected chi connectivity index (χ4v) is 5.07. The molecule has 1 aliphatic rings. The van der Waals surface area contributed by atoms with Crippen molar-refractivity contribution in [3.63, 3.8) is 0 Å². The second-order valence-electron chi connectivity index (χ2n) is 7.96. The zero-order valence-electron chi connectivity index (χ0n) is 18.3. The Morgan fingerprint density at radius 3 is 2.42 bits per heavy atom. The number of methoxy groups -OCH3 is 1. The summed E-state index contributed by atoms with van der Waals surface area (Å²) in [5, 5.41) is 1.34. The first-order valence-corrected chi connectivity index (χ1v) is 11.1. The molecular weight excluding hydrogens is 465 g/mol. The summed E-state index contributed by atoms with van der Waals surface area (Å²) in [6, 6.07) is 12.8. The summed E-state index contributed by atoms with van der Waals surface area (Å²) in [6.45, 7) is 0.930. The first kappa shape index (κ1) is 21.8. The maximum absolute atomic E-state index is 13.4. The summed E-state index contributed by atoms with van der Waals surface area (Å²) >= 11 is 12.7.